The molecule has 0 aromatic carbocycles. The molecule has 1 aromatic heterocycles. The van der Waals surface area contributed by atoms with Gasteiger partial charge >= 0.3 is 0 Å². The molecule has 0 aliphatic rings. The van der Waals surface area contributed by atoms with E-state index in [0.717, 1.165) is 18.8 Å². The Kier molecular flexibility index (Phi) is 6.18. The van der Waals surface area contributed by atoms with Gasteiger partial charge in [0.2, 0.25) is 0 Å². The molecule has 0 saturated carbocycles. The fourth-order valence-corrected chi connectivity index (χ4v) is 1.52. The minimum Gasteiger partial charge on any atom is -0.391 e. The van der Waals surface area contributed by atoms with Crippen LogP contribution in [-0.2, 0) is 11.3 Å². The molecule has 98 valence electrons. The van der Waals surface area contributed by atoms with Gasteiger partial charge in [0, 0.05) is 25.9 Å². The lowest BCUT2D eigenvalue weighted by molar-refractivity contribution is 0.0594. The maximum absolute atomic E-state index is 9.44. The molecule has 1 aromatic rings. The molecule has 1 rings (SSSR count). The lowest BCUT2D eigenvalue weighted by Gasteiger charge is -2.09. The Bertz CT molecular complexity index is 312. The minimum absolute atomic E-state index is 0.388. The summed E-state index contributed by atoms with van der Waals surface area (Å²) in [5.41, 5.74) is 1.03. The Morgan fingerprint density at radius 2 is 2.29 bits per heavy atom. The SMILES string of the molecule is COCC(O)CCNCc1ccn(C(C)C)n1. The van der Waals surface area contributed by atoms with Gasteiger partial charge in [0.25, 0.3) is 0 Å². The molecule has 0 fully saturated rings. The number of aromatic nitrogens is 2. The molecule has 1 atom stereocenters. The number of hydrogen-bond donors (Lipinski definition) is 2. The Balaban J connectivity index is 2.17. The van der Waals surface area contributed by atoms with Crippen molar-refractivity contribution < 1.29 is 9.84 Å². The zero-order chi connectivity index (χ0) is 12.7. The fraction of sp³-hybridized carbons (Fsp3) is 0.750. The van der Waals surface area contributed by atoms with Gasteiger partial charge in [-0.05, 0) is 32.9 Å². The summed E-state index contributed by atoms with van der Waals surface area (Å²) in [4.78, 5) is 0. The van der Waals surface area contributed by atoms with Crippen LogP contribution in [0.3, 0.4) is 0 Å². The van der Waals surface area contributed by atoms with E-state index in [1.807, 2.05) is 16.9 Å². The molecule has 0 spiro atoms. The Labute approximate surface area is 103 Å². The number of nitrogens with zero attached hydrogens (tertiary/aromatic N) is 2. The average Bonchev–Trinajstić information content (AvgIpc) is 2.73. The Hall–Kier alpha value is -0.910. The van der Waals surface area contributed by atoms with Crippen molar-refractivity contribution in [1.82, 2.24) is 15.1 Å². The number of rotatable bonds is 8. The minimum atomic E-state index is -0.388. The molecule has 0 aliphatic carbocycles. The number of aliphatic hydroxyl groups is 1. The first kappa shape index (κ1) is 14.2. The molecule has 17 heavy (non-hydrogen) atoms. The smallest absolute Gasteiger partial charge is 0.0785 e. The maximum atomic E-state index is 9.44. The molecule has 1 unspecified atom stereocenters. The highest BCUT2D eigenvalue weighted by atomic mass is 16.5. The second kappa shape index (κ2) is 7.42. The third kappa shape index (κ3) is 5.30. The van der Waals surface area contributed by atoms with Crippen LogP contribution in [0.15, 0.2) is 12.3 Å². The quantitative estimate of drug-likeness (QED) is 0.665. The molecule has 2 N–H and O–H groups in total. The Morgan fingerprint density at radius 1 is 1.53 bits per heavy atom. The van der Waals surface area contributed by atoms with Crippen molar-refractivity contribution in [3.05, 3.63) is 18.0 Å². The van der Waals surface area contributed by atoms with Crippen molar-refractivity contribution in [1.29, 1.82) is 0 Å². The average molecular weight is 241 g/mol. The van der Waals surface area contributed by atoms with E-state index in [2.05, 4.69) is 24.3 Å². The van der Waals surface area contributed by atoms with Crippen LogP contribution in [0.4, 0.5) is 0 Å². The highest BCUT2D eigenvalue weighted by molar-refractivity contribution is 4.98. The maximum Gasteiger partial charge on any atom is 0.0785 e. The Morgan fingerprint density at radius 3 is 2.88 bits per heavy atom. The lowest BCUT2D eigenvalue weighted by atomic mass is 10.2. The molecular weight excluding hydrogens is 218 g/mol. The molecule has 0 saturated heterocycles. The standard InChI is InChI=1S/C12H23N3O2/c1-10(2)15-7-5-11(14-15)8-13-6-4-12(16)9-17-3/h5,7,10,12-13,16H,4,6,8-9H2,1-3H3. The molecule has 0 radical (unpaired) electrons. The van der Waals surface area contributed by atoms with Crippen LogP contribution in [0, 0.1) is 0 Å². The summed E-state index contributed by atoms with van der Waals surface area (Å²) >= 11 is 0. The number of hydrogen-bond acceptors (Lipinski definition) is 4. The van der Waals surface area contributed by atoms with Crippen LogP contribution in [0.5, 0.6) is 0 Å². The monoisotopic (exact) mass is 241 g/mol. The first-order chi connectivity index (χ1) is 8.13. The van der Waals surface area contributed by atoms with Gasteiger partial charge in [-0.2, -0.15) is 5.10 Å². The topological polar surface area (TPSA) is 59.3 Å². The molecular formula is C12H23N3O2. The summed E-state index contributed by atoms with van der Waals surface area (Å²) in [7, 11) is 1.59. The number of ether oxygens (including phenoxy) is 1. The third-order valence-corrected chi connectivity index (χ3v) is 2.51. The van der Waals surface area contributed by atoms with Gasteiger partial charge in [0.05, 0.1) is 18.4 Å². The van der Waals surface area contributed by atoms with Crippen LogP contribution < -0.4 is 5.32 Å². The summed E-state index contributed by atoms with van der Waals surface area (Å²) in [6.45, 7) is 6.10. The second-order valence-corrected chi connectivity index (χ2v) is 4.46. The normalized spacial score (nSPS) is 13.2. The second-order valence-electron chi connectivity index (χ2n) is 4.46. The van der Waals surface area contributed by atoms with E-state index in [0.29, 0.717) is 19.1 Å². The molecule has 0 amide bonds. The highest BCUT2D eigenvalue weighted by Crippen LogP contribution is 2.03. The first-order valence-electron chi connectivity index (χ1n) is 6.05. The van der Waals surface area contributed by atoms with Gasteiger partial charge in [-0.1, -0.05) is 0 Å². The van der Waals surface area contributed by atoms with E-state index in [-0.39, 0.29) is 6.10 Å². The van der Waals surface area contributed by atoms with Crippen LogP contribution in [-0.4, -0.2) is 41.3 Å². The van der Waals surface area contributed by atoms with E-state index in [1.54, 1.807) is 7.11 Å². The van der Waals surface area contributed by atoms with Crippen molar-refractivity contribution >= 4 is 0 Å². The number of nitrogens with one attached hydrogen (secondary N) is 1. The van der Waals surface area contributed by atoms with Gasteiger partial charge in [0.1, 0.15) is 0 Å². The summed E-state index contributed by atoms with van der Waals surface area (Å²) in [6.07, 6.45) is 2.29. The van der Waals surface area contributed by atoms with Crippen molar-refractivity contribution in [3.8, 4) is 0 Å². The van der Waals surface area contributed by atoms with E-state index in [9.17, 15) is 5.11 Å². The van der Waals surface area contributed by atoms with Crippen molar-refractivity contribution in [2.45, 2.75) is 39.0 Å². The van der Waals surface area contributed by atoms with Crippen molar-refractivity contribution in [2.24, 2.45) is 0 Å². The fourth-order valence-electron chi connectivity index (χ4n) is 1.52. The van der Waals surface area contributed by atoms with Gasteiger partial charge in [-0.3, -0.25) is 4.68 Å². The number of aliphatic hydroxyl groups excluding tert-OH is 1. The van der Waals surface area contributed by atoms with Gasteiger partial charge < -0.3 is 15.2 Å². The predicted molar refractivity (Wildman–Crippen MR) is 66.8 cm³/mol. The predicted octanol–water partition coefficient (Wildman–Crippen LogP) is 0.951. The van der Waals surface area contributed by atoms with Gasteiger partial charge in [-0.25, -0.2) is 0 Å². The van der Waals surface area contributed by atoms with Gasteiger partial charge in [-0.15, -0.1) is 0 Å². The van der Waals surface area contributed by atoms with E-state index in [4.69, 9.17) is 4.74 Å². The van der Waals surface area contributed by atoms with Crippen LogP contribution in [0.1, 0.15) is 32.0 Å². The summed E-state index contributed by atoms with van der Waals surface area (Å²) < 4.78 is 6.80. The molecule has 5 nitrogen and oxygen atoms in total. The third-order valence-electron chi connectivity index (χ3n) is 2.51. The van der Waals surface area contributed by atoms with Crippen LogP contribution >= 0.6 is 0 Å². The molecule has 0 aliphatic heterocycles. The summed E-state index contributed by atoms with van der Waals surface area (Å²) in [5, 5.41) is 17.1. The van der Waals surface area contributed by atoms with Crippen molar-refractivity contribution in [3.63, 3.8) is 0 Å². The highest BCUT2D eigenvalue weighted by Gasteiger charge is 2.04. The van der Waals surface area contributed by atoms with E-state index in [1.165, 1.54) is 0 Å². The zero-order valence-electron chi connectivity index (χ0n) is 10.9. The summed E-state index contributed by atoms with van der Waals surface area (Å²) in [5.74, 6) is 0. The van der Waals surface area contributed by atoms with Crippen molar-refractivity contribution in [2.75, 3.05) is 20.3 Å². The molecule has 1 heterocycles. The summed E-state index contributed by atoms with van der Waals surface area (Å²) in [6, 6.07) is 2.41. The van der Waals surface area contributed by atoms with Crippen LogP contribution in [0.2, 0.25) is 0 Å². The molecule has 0 bridgehead atoms. The largest absolute Gasteiger partial charge is 0.391 e. The zero-order valence-corrected chi connectivity index (χ0v) is 10.9. The number of methoxy groups -OCH3 is 1. The lowest BCUT2D eigenvalue weighted by Crippen LogP contribution is -2.23. The first-order valence-corrected chi connectivity index (χ1v) is 6.05. The molecule has 5 heteroatoms. The van der Waals surface area contributed by atoms with E-state index < -0.39 is 0 Å². The van der Waals surface area contributed by atoms with E-state index >= 15 is 0 Å². The van der Waals surface area contributed by atoms with Crippen LogP contribution in [0.25, 0.3) is 0 Å². The van der Waals surface area contributed by atoms with Gasteiger partial charge in [0.15, 0.2) is 0 Å².